The summed E-state index contributed by atoms with van der Waals surface area (Å²) < 4.78 is 61.4. The molecule has 0 fully saturated rings. The molecule has 0 aliphatic rings. The van der Waals surface area contributed by atoms with Gasteiger partial charge in [0.2, 0.25) is 5.82 Å². The molecule has 29 heavy (non-hydrogen) atoms. The predicted molar refractivity (Wildman–Crippen MR) is 107 cm³/mol. The van der Waals surface area contributed by atoms with Crippen molar-refractivity contribution in [3.63, 3.8) is 0 Å². The van der Waals surface area contributed by atoms with Crippen LogP contribution in [0, 0.1) is 23.3 Å². The zero-order chi connectivity index (χ0) is 21.0. The Kier molecular flexibility index (Phi) is 6.37. The SMILES string of the molecule is C=Cc1ccc(CCc2ccc(-c3ccc(OCC)c(F)c3F)cc2)c(F)c1F. The summed E-state index contributed by atoms with van der Waals surface area (Å²) in [6.45, 7) is 5.38. The molecule has 0 aliphatic heterocycles. The van der Waals surface area contributed by atoms with Crippen LogP contribution in [0.1, 0.15) is 23.6 Å². The number of halogens is 4. The van der Waals surface area contributed by atoms with E-state index < -0.39 is 23.3 Å². The molecule has 0 saturated carbocycles. The maximum Gasteiger partial charge on any atom is 0.201 e. The highest BCUT2D eigenvalue weighted by atomic mass is 19.2. The van der Waals surface area contributed by atoms with Crippen LogP contribution in [0.5, 0.6) is 5.75 Å². The Morgan fingerprint density at radius 2 is 1.52 bits per heavy atom. The van der Waals surface area contributed by atoms with Gasteiger partial charge in [-0.05, 0) is 48.6 Å². The smallest absolute Gasteiger partial charge is 0.201 e. The lowest BCUT2D eigenvalue weighted by molar-refractivity contribution is 0.314. The summed E-state index contributed by atoms with van der Waals surface area (Å²) in [5.74, 6) is -3.88. The van der Waals surface area contributed by atoms with Crippen LogP contribution in [0.15, 0.2) is 55.1 Å². The summed E-state index contributed by atoms with van der Waals surface area (Å²) in [4.78, 5) is 0. The first-order chi connectivity index (χ1) is 14.0. The molecular weight excluding hydrogens is 380 g/mol. The summed E-state index contributed by atoms with van der Waals surface area (Å²) in [5, 5.41) is 0. The van der Waals surface area contributed by atoms with E-state index in [4.69, 9.17) is 4.74 Å². The van der Waals surface area contributed by atoms with E-state index in [9.17, 15) is 17.6 Å². The van der Waals surface area contributed by atoms with Gasteiger partial charge in [-0.2, -0.15) is 4.39 Å². The van der Waals surface area contributed by atoms with E-state index in [0.717, 1.165) is 5.56 Å². The Bertz CT molecular complexity index is 1030. The monoisotopic (exact) mass is 400 g/mol. The van der Waals surface area contributed by atoms with Crippen LogP contribution in [0.2, 0.25) is 0 Å². The van der Waals surface area contributed by atoms with Crippen molar-refractivity contribution >= 4 is 6.08 Å². The van der Waals surface area contributed by atoms with Crippen molar-refractivity contribution in [1.82, 2.24) is 0 Å². The molecule has 0 N–H and O–H groups in total. The summed E-state index contributed by atoms with van der Waals surface area (Å²) in [6, 6.07) is 12.8. The molecule has 5 heteroatoms. The molecule has 0 atom stereocenters. The molecular formula is C24H20F4O. The molecule has 1 nitrogen and oxygen atoms in total. The Morgan fingerprint density at radius 3 is 2.17 bits per heavy atom. The molecule has 0 aromatic heterocycles. The zero-order valence-corrected chi connectivity index (χ0v) is 15.9. The van der Waals surface area contributed by atoms with Gasteiger partial charge in [0.05, 0.1) is 6.61 Å². The van der Waals surface area contributed by atoms with Gasteiger partial charge < -0.3 is 4.74 Å². The molecule has 0 aliphatic carbocycles. The van der Waals surface area contributed by atoms with Crippen LogP contribution in [-0.4, -0.2) is 6.61 Å². The van der Waals surface area contributed by atoms with Crippen molar-refractivity contribution in [2.24, 2.45) is 0 Å². The van der Waals surface area contributed by atoms with Crippen molar-refractivity contribution in [3.05, 3.63) is 95.1 Å². The summed E-state index contributed by atoms with van der Waals surface area (Å²) in [7, 11) is 0. The standard InChI is InChI=1S/C24H20F4O/c1-3-16-11-12-18(22(26)21(16)25)10-7-15-5-8-17(9-6-15)19-13-14-20(29-4-2)24(28)23(19)27/h3,5-6,8-9,11-14H,1,4,7,10H2,2H3. The molecule has 0 heterocycles. The van der Waals surface area contributed by atoms with E-state index in [1.807, 2.05) is 0 Å². The molecule has 3 aromatic carbocycles. The molecule has 0 unspecified atom stereocenters. The van der Waals surface area contributed by atoms with Crippen molar-refractivity contribution in [2.75, 3.05) is 6.61 Å². The zero-order valence-electron chi connectivity index (χ0n) is 15.9. The second-order valence-electron chi connectivity index (χ2n) is 6.52. The topological polar surface area (TPSA) is 9.23 Å². The fraction of sp³-hybridized carbons (Fsp3) is 0.167. The lowest BCUT2D eigenvalue weighted by Gasteiger charge is -2.10. The Morgan fingerprint density at radius 1 is 0.793 bits per heavy atom. The van der Waals surface area contributed by atoms with Crippen molar-refractivity contribution in [3.8, 4) is 16.9 Å². The van der Waals surface area contributed by atoms with Gasteiger partial charge in [-0.15, -0.1) is 0 Å². The lowest BCUT2D eigenvalue weighted by atomic mass is 9.99. The molecule has 0 amide bonds. The van der Waals surface area contributed by atoms with E-state index in [-0.39, 0.29) is 29.0 Å². The Labute approximate surface area is 167 Å². The average molecular weight is 400 g/mol. The predicted octanol–water partition coefficient (Wildman–Crippen LogP) is 6.74. The van der Waals surface area contributed by atoms with Crippen LogP contribution in [-0.2, 0) is 12.8 Å². The van der Waals surface area contributed by atoms with Gasteiger partial charge in [0.1, 0.15) is 0 Å². The van der Waals surface area contributed by atoms with Crippen molar-refractivity contribution in [2.45, 2.75) is 19.8 Å². The lowest BCUT2D eigenvalue weighted by Crippen LogP contribution is -2.00. The largest absolute Gasteiger partial charge is 0.491 e. The Balaban J connectivity index is 1.75. The van der Waals surface area contributed by atoms with Crippen LogP contribution in [0.4, 0.5) is 17.6 Å². The van der Waals surface area contributed by atoms with Gasteiger partial charge >= 0.3 is 0 Å². The van der Waals surface area contributed by atoms with Crippen molar-refractivity contribution < 1.29 is 22.3 Å². The normalized spacial score (nSPS) is 10.8. The maximum absolute atomic E-state index is 14.3. The third kappa shape index (κ3) is 4.34. The molecule has 150 valence electrons. The van der Waals surface area contributed by atoms with Crippen LogP contribution in [0.3, 0.4) is 0 Å². The third-order valence-electron chi connectivity index (χ3n) is 4.71. The highest BCUT2D eigenvalue weighted by Crippen LogP contribution is 2.30. The summed E-state index contributed by atoms with van der Waals surface area (Å²) in [6.07, 6.45) is 2.06. The van der Waals surface area contributed by atoms with Crippen LogP contribution < -0.4 is 4.74 Å². The van der Waals surface area contributed by atoms with Gasteiger partial charge in [-0.25, -0.2) is 13.2 Å². The first-order valence-corrected chi connectivity index (χ1v) is 9.25. The second-order valence-corrected chi connectivity index (χ2v) is 6.52. The molecule has 0 spiro atoms. The van der Waals surface area contributed by atoms with Crippen LogP contribution >= 0.6 is 0 Å². The first kappa shape index (κ1) is 20.6. The van der Waals surface area contributed by atoms with Gasteiger partial charge in [0, 0.05) is 11.1 Å². The fourth-order valence-corrected chi connectivity index (χ4v) is 3.11. The number of benzene rings is 3. The van der Waals surface area contributed by atoms with Gasteiger partial charge in [0.25, 0.3) is 0 Å². The second kappa shape index (κ2) is 8.95. The molecule has 0 bridgehead atoms. The van der Waals surface area contributed by atoms with E-state index in [0.29, 0.717) is 18.4 Å². The number of rotatable bonds is 7. The van der Waals surface area contributed by atoms with Gasteiger partial charge in [-0.1, -0.05) is 49.1 Å². The number of hydrogen-bond acceptors (Lipinski definition) is 1. The average Bonchev–Trinajstić information content (AvgIpc) is 2.73. The minimum atomic E-state index is -1.02. The fourth-order valence-electron chi connectivity index (χ4n) is 3.11. The quantitative estimate of drug-likeness (QED) is 0.399. The van der Waals surface area contributed by atoms with E-state index >= 15 is 0 Å². The first-order valence-electron chi connectivity index (χ1n) is 9.25. The number of ether oxygens (including phenoxy) is 1. The Hall–Kier alpha value is -3.08. The molecule has 3 rings (SSSR count). The number of hydrogen-bond donors (Lipinski definition) is 0. The highest BCUT2D eigenvalue weighted by molar-refractivity contribution is 5.65. The molecule has 0 saturated heterocycles. The van der Waals surface area contributed by atoms with E-state index in [2.05, 4.69) is 6.58 Å². The molecule has 0 radical (unpaired) electrons. The third-order valence-corrected chi connectivity index (χ3v) is 4.71. The minimum absolute atomic E-state index is 0.123. The summed E-state index contributed by atoms with van der Waals surface area (Å²) in [5.41, 5.74) is 1.91. The van der Waals surface area contributed by atoms with E-state index in [1.165, 1.54) is 24.3 Å². The van der Waals surface area contributed by atoms with Gasteiger partial charge in [0.15, 0.2) is 23.2 Å². The van der Waals surface area contributed by atoms with Crippen LogP contribution in [0.25, 0.3) is 17.2 Å². The maximum atomic E-state index is 14.3. The van der Waals surface area contributed by atoms with E-state index in [1.54, 1.807) is 37.3 Å². The minimum Gasteiger partial charge on any atom is -0.491 e. The highest BCUT2D eigenvalue weighted by Gasteiger charge is 2.16. The van der Waals surface area contributed by atoms with Gasteiger partial charge in [-0.3, -0.25) is 0 Å². The summed E-state index contributed by atoms with van der Waals surface area (Å²) >= 11 is 0. The molecule has 3 aromatic rings. The van der Waals surface area contributed by atoms with Crippen molar-refractivity contribution in [1.29, 1.82) is 0 Å². The number of aryl methyl sites for hydroxylation is 2.